The molecule has 2 aromatic carbocycles. The first kappa shape index (κ1) is 20.5. The maximum Gasteiger partial charge on any atom is 0.293 e. The van der Waals surface area contributed by atoms with Crippen LogP contribution in [0.15, 0.2) is 41.5 Å². The zero-order valence-electron chi connectivity index (χ0n) is 16.6. The first-order valence-corrected chi connectivity index (χ1v) is 9.43. The highest BCUT2D eigenvalue weighted by Gasteiger charge is 2.21. The summed E-state index contributed by atoms with van der Waals surface area (Å²) in [4.78, 5) is 25.2. The van der Waals surface area contributed by atoms with Crippen molar-refractivity contribution >= 4 is 23.5 Å². The van der Waals surface area contributed by atoms with E-state index < -0.39 is 4.92 Å². The molecule has 1 N–H and O–H groups in total. The molecule has 0 atom stereocenters. The summed E-state index contributed by atoms with van der Waals surface area (Å²) in [5.41, 5.74) is 6.74. The Morgan fingerprint density at radius 2 is 2.00 bits per heavy atom. The van der Waals surface area contributed by atoms with Crippen LogP contribution < -0.4 is 10.3 Å². The minimum atomic E-state index is -0.402. The summed E-state index contributed by atoms with van der Waals surface area (Å²) in [5, 5.41) is 15.4. The summed E-state index contributed by atoms with van der Waals surface area (Å²) in [6.07, 6.45) is 1.63. The van der Waals surface area contributed by atoms with Gasteiger partial charge in [-0.05, 0) is 31.0 Å². The fourth-order valence-electron chi connectivity index (χ4n) is 3.27. The first-order valence-electron chi connectivity index (χ1n) is 9.43. The lowest BCUT2D eigenvalue weighted by Crippen LogP contribution is -2.36. The van der Waals surface area contributed by atoms with E-state index in [9.17, 15) is 14.9 Å². The van der Waals surface area contributed by atoms with E-state index in [4.69, 9.17) is 4.74 Å². The van der Waals surface area contributed by atoms with Gasteiger partial charge in [0.25, 0.3) is 5.69 Å². The van der Waals surface area contributed by atoms with Crippen LogP contribution in [0.5, 0.6) is 0 Å². The van der Waals surface area contributed by atoms with Crippen LogP contribution in [0.3, 0.4) is 0 Å². The number of anilines is 1. The second-order valence-corrected chi connectivity index (χ2v) is 7.00. The van der Waals surface area contributed by atoms with Gasteiger partial charge in [0.15, 0.2) is 0 Å². The molecule has 0 aliphatic carbocycles. The largest absolute Gasteiger partial charge is 0.378 e. The lowest BCUT2D eigenvalue weighted by molar-refractivity contribution is -0.384. The average Bonchev–Trinajstić information content (AvgIpc) is 2.70. The molecule has 1 heterocycles. The topological polar surface area (TPSA) is 97.1 Å². The SMILES string of the molecule is Cc1ccc(CC(=O)N/N=C\c2ccc(N3CCOCC3)c([N+](=O)[O-])c2)c(C)c1. The molecule has 0 spiro atoms. The first-order chi connectivity index (χ1) is 13.9. The van der Waals surface area contributed by atoms with E-state index in [2.05, 4.69) is 10.5 Å². The molecule has 0 unspecified atom stereocenters. The molecule has 1 amide bonds. The third kappa shape index (κ3) is 5.39. The number of amides is 1. The van der Waals surface area contributed by atoms with Gasteiger partial charge in [0.05, 0.1) is 30.8 Å². The summed E-state index contributed by atoms with van der Waals surface area (Å²) in [6.45, 7) is 6.30. The van der Waals surface area contributed by atoms with Gasteiger partial charge in [0.1, 0.15) is 5.69 Å². The summed E-state index contributed by atoms with van der Waals surface area (Å²) < 4.78 is 5.30. The van der Waals surface area contributed by atoms with Crippen LogP contribution >= 0.6 is 0 Å². The normalized spacial score (nSPS) is 14.2. The van der Waals surface area contributed by atoms with Gasteiger partial charge in [-0.3, -0.25) is 14.9 Å². The van der Waals surface area contributed by atoms with Crippen LogP contribution in [0, 0.1) is 24.0 Å². The molecule has 0 saturated carbocycles. The van der Waals surface area contributed by atoms with Crippen LogP contribution in [0.2, 0.25) is 0 Å². The Labute approximate surface area is 169 Å². The Bertz CT molecular complexity index is 936. The van der Waals surface area contributed by atoms with Gasteiger partial charge in [-0.15, -0.1) is 0 Å². The van der Waals surface area contributed by atoms with E-state index in [0.29, 0.717) is 37.6 Å². The van der Waals surface area contributed by atoms with Crippen molar-refractivity contribution < 1.29 is 14.5 Å². The zero-order valence-corrected chi connectivity index (χ0v) is 16.6. The molecule has 1 aliphatic rings. The van der Waals surface area contributed by atoms with Crippen molar-refractivity contribution in [2.45, 2.75) is 20.3 Å². The molecule has 152 valence electrons. The highest BCUT2D eigenvalue weighted by Crippen LogP contribution is 2.29. The molecule has 1 saturated heterocycles. The highest BCUT2D eigenvalue weighted by atomic mass is 16.6. The number of carbonyl (C=O) groups is 1. The number of rotatable bonds is 6. The second-order valence-electron chi connectivity index (χ2n) is 7.00. The van der Waals surface area contributed by atoms with E-state index in [1.165, 1.54) is 12.3 Å². The molecule has 2 aromatic rings. The lowest BCUT2D eigenvalue weighted by Gasteiger charge is -2.28. The Hall–Kier alpha value is -3.26. The summed E-state index contributed by atoms with van der Waals surface area (Å²) in [6, 6.07) is 10.8. The van der Waals surface area contributed by atoms with Gasteiger partial charge >= 0.3 is 0 Å². The van der Waals surface area contributed by atoms with E-state index in [0.717, 1.165) is 16.7 Å². The fraction of sp³-hybridized carbons (Fsp3) is 0.333. The van der Waals surface area contributed by atoms with Crippen molar-refractivity contribution in [3.8, 4) is 0 Å². The third-order valence-electron chi connectivity index (χ3n) is 4.80. The minimum absolute atomic E-state index is 0.0115. The third-order valence-corrected chi connectivity index (χ3v) is 4.80. The number of nitrogens with zero attached hydrogens (tertiary/aromatic N) is 3. The number of nitrogens with one attached hydrogen (secondary N) is 1. The molecule has 1 aliphatic heterocycles. The Balaban J connectivity index is 1.66. The standard InChI is InChI=1S/C21H24N4O4/c1-15-3-5-18(16(2)11-15)13-21(26)23-22-14-17-4-6-19(20(12-17)25(27)28)24-7-9-29-10-8-24/h3-6,11-12,14H,7-10,13H2,1-2H3,(H,23,26)/b22-14-. The van der Waals surface area contributed by atoms with Gasteiger partial charge < -0.3 is 9.64 Å². The number of nitro groups is 1. The van der Waals surface area contributed by atoms with Crippen LogP contribution in [0.1, 0.15) is 22.3 Å². The summed E-state index contributed by atoms with van der Waals surface area (Å²) in [5.74, 6) is -0.243. The average molecular weight is 396 g/mol. The van der Waals surface area contributed by atoms with Crippen molar-refractivity contribution in [2.75, 3.05) is 31.2 Å². The van der Waals surface area contributed by atoms with Crippen LogP contribution in [-0.2, 0) is 16.0 Å². The molecule has 29 heavy (non-hydrogen) atoms. The van der Waals surface area contributed by atoms with E-state index in [-0.39, 0.29) is 18.0 Å². The predicted octanol–water partition coefficient (Wildman–Crippen LogP) is 2.74. The van der Waals surface area contributed by atoms with Gasteiger partial charge in [-0.1, -0.05) is 29.8 Å². The zero-order chi connectivity index (χ0) is 20.8. The van der Waals surface area contributed by atoms with E-state index >= 15 is 0 Å². The number of morpholine rings is 1. The smallest absolute Gasteiger partial charge is 0.293 e. The molecule has 0 bridgehead atoms. The molecular formula is C21H24N4O4. The van der Waals surface area contributed by atoms with Crippen molar-refractivity contribution in [1.29, 1.82) is 0 Å². The van der Waals surface area contributed by atoms with Crippen molar-refractivity contribution in [1.82, 2.24) is 5.43 Å². The molecule has 8 heteroatoms. The molecule has 0 radical (unpaired) electrons. The maximum absolute atomic E-state index is 12.1. The number of hydrazone groups is 1. The Morgan fingerprint density at radius 3 is 2.69 bits per heavy atom. The van der Waals surface area contributed by atoms with E-state index in [1.807, 2.05) is 36.9 Å². The number of hydrogen-bond donors (Lipinski definition) is 1. The number of hydrogen-bond acceptors (Lipinski definition) is 6. The second kappa shape index (κ2) is 9.29. The number of nitro benzene ring substituents is 1. The lowest BCUT2D eigenvalue weighted by atomic mass is 10.0. The molecule has 3 rings (SSSR count). The number of carbonyl (C=O) groups excluding carboxylic acids is 1. The van der Waals surface area contributed by atoms with Gasteiger partial charge in [0, 0.05) is 24.7 Å². The number of ether oxygens (including phenoxy) is 1. The van der Waals surface area contributed by atoms with Crippen molar-refractivity contribution in [3.63, 3.8) is 0 Å². The molecular weight excluding hydrogens is 372 g/mol. The number of aryl methyl sites for hydroxylation is 2. The van der Waals surface area contributed by atoms with Gasteiger partial charge in [-0.25, -0.2) is 5.43 Å². The monoisotopic (exact) mass is 396 g/mol. The number of benzene rings is 2. The van der Waals surface area contributed by atoms with Crippen LogP contribution in [0.4, 0.5) is 11.4 Å². The molecule has 8 nitrogen and oxygen atoms in total. The minimum Gasteiger partial charge on any atom is -0.378 e. The Morgan fingerprint density at radius 1 is 1.24 bits per heavy atom. The maximum atomic E-state index is 12.1. The van der Waals surface area contributed by atoms with Crippen LogP contribution in [0.25, 0.3) is 0 Å². The van der Waals surface area contributed by atoms with Gasteiger partial charge in [-0.2, -0.15) is 5.10 Å². The fourth-order valence-corrected chi connectivity index (χ4v) is 3.27. The van der Waals surface area contributed by atoms with Crippen molar-refractivity contribution in [3.05, 3.63) is 68.8 Å². The highest BCUT2D eigenvalue weighted by molar-refractivity contribution is 5.85. The molecule has 1 fully saturated rings. The van der Waals surface area contributed by atoms with E-state index in [1.54, 1.807) is 12.1 Å². The predicted molar refractivity (Wildman–Crippen MR) is 111 cm³/mol. The molecule has 0 aromatic heterocycles. The van der Waals surface area contributed by atoms with Gasteiger partial charge in [0.2, 0.25) is 5.91 Å². The summed E-state index contributed by atoms with van der Waals surface area (Å²) >= 11 is 0. The van der Waals surface area contributed by atoms with Crippen LogP contribution in [-0.4, -0.2) is 43.3 Å². The summed E-state index contributed by atoms with van der Waals surface area (Å²) in [7, 11) is 0. The van der Waals surface area contributed by atoms with Crippen molar-refractivity contribution in [2.24, 2.45) is 5.10 Å². The Kier molecular flexibility index (Phi) is 6.56. The quantitative estimate of drug-likeness (QED) is 0.460.